The molecule has 4 nitrogen and oxygen atoms in total. The van der Waals surface area contributed by atoms with Gasteiger partial charge in [-0.1, -0.05) is 29.9 Å². The van der Waals surface area contributed by atoms with Crippen molar-refractivity contribution in [2.75, 3.05) is 13.7 Å². The van der Waals surface area contributed by atoms with Crippen molar-refractivity contribution < 1.29 is 14.3 Å². The van der Waals surface area contributed by atoms with E-state index < -0.39 is 0 Å². The molecule has 1 aromatic rings. The molecule has 1 aliphatic heterocycles. The number of thiocarbonyl (C=S) groups is 1. The van der Waals surface area contributed by atoms with E-state index in [1.165, 1.54) is 18.9 Å². The highest BCUT2D eigenvalue weighted by Crippen LogP contribution is 2.38. The number of ether oxygens (including phenoxy) is 2. The van der Waals surface area contributed by atoms with Crippen LogP contribution in [0.25, 0.3) is 6.08 Å². The van der Waals surface area contributed by atoms with Crippen LogP contribution >= 0.6 is 39.9 Å². The molecule has 0 bridgehead atoms. The molecule has 0 radical (unpaired) electrons. The highest BCUT2D eigenvalue weighted by atomic mass is 79.9. The fourth-order valence-corrected chi connectivity index (χ4v) is 3.27. The van der Waals surface area contributed by atoms with Crippen molar-refractivity contribution in [2.45, 2.75) is 0 Å². The Bertz CT molecular complexity index is 680. The third-order valence-corrected chi connectivity index (χ3v) is 4.24. The van der Waals surface area contributed by atoms with Gasteiger partial charge in [-0.15, -0.1) is 6.42 Å². The number of carbonyl (C=O) groups excluding carboxylic acids is 1. The van der Waals surface area contributed by atoms with Gasteiger partial charge in [0.25, 0.3) is 5.91 Å². The van der Waals surface area contributed by atoms with Crippen LogP contribution in [0.4, 0.5) is 0 Å². The molecular formula is C14H10BrNO3S2. The van der Waals surface area contributed by atoms with Crippen LogP contribution in [0, 0.1) is 12.3 Å². The molecule has 2 rings (SSSR count). The van der Waals surface area contributed by atoms with Crippen LogP contribution < -0.4 is 14.8 Å². The van der Waals surface area contributed by atoms with Gasteiger partial charge in [0.15, 0.2) is 11.5 Å². The van der Waals surface area contributed by atoms with Crippen molar-refractivity contribution >= 4 is 56.2 Å². The van der Waals surface area contributed by atoms with Crippen molar-refractivity contribution in [1.82, 2.24) is 5.32 Å². The normalized spacial score (nSPS) is 15.8. The van der Waals surface area contributed by atoms with E-state index >= 15 is 0 Å². The highest BCUT2D eigenvalue weighted by molar-refractivity contribution is 9.10. The Hall–Kier alpha value is -1.49. The van der Waals surface area contributed by atoms with Crippen molar-refractivity contribution in [1.29, 1.82) is 0 Å². The summed E-state index contributed by atoms with van der Waals surface area (Å²) >= 11 is 9.58. The smallest absolute Gasteiger partial charge is 0.263 e. The number of halogens is 1. The maximum absolute atomic E-state index is 11.7. The molecule has 1 fully saturated rings. The summed E-state index contributed by atoms with van der Waals surface area (Å²) in [6.07, 6.45) is 6.92. The summed E-state index contributed by atoms with van der Waals surface area (Å²) in [7, 11) is 1.54. The van der Waals surface area contributed by atoms with E-state index in [4.69, 9.17) is 28.1 Å². The molecule has 0 aliphatic carbocycles. The number of terminal acetylenes is 1. The van der Waals surface area contributed by atoms with Gasteiger partial charge < -0.3 is 14.8 Å². The molecular weight excluding hydrogens is 374 g/mol. The zero-order valence-corrected chi connectivity index (χ0v) is 14.2. The predicted octanol–water partition coefficient (Wildman–Crippen LogP) is 2.96. The maximum Gasteiger partial charge on any atom is 0.263 e. The molecule has 1 aliphatic rings. The third-order valence-electron chi connectivity index (χ3n) is 2.49. The van der Waals surface area contributed by atoms with E-state index in [9.17, 15) is 4.79 Å². The fraction of sp³-hybridized carbons (Fsp3) is 0.143. The predicted molar refractivity (Wildman–Crippen MR) is 91.3 cm³/mol. The SMILES string of the molecule is C#CCOc1c(Br)cc(/C=C2/SC(=S)NC2=O)cc1OC. The first kappa shape index (κ1) is 15.9. The molecule has 7 heteroatoms. The van der Waals surface area contributed by atoms with Crippen LogP contribution in [0.15, 0.2) is 21.5 Å². The quantitative estimate of drug-likeness (QED) is 0.492. The van der Waals surface area contributed by atoms with E-state index in [1.54, 1.807) is 12.1 Å². The Morgan fingerprint density at radius 3 is 2.90 bits per heavy atom. The van der Waals surface area contributed by atoms with Gasteiger partial charge in [-0.3, -0.25) is 4.79 Å². The van der Waals surface area contributed by atoms with Crippen molar-refractivity contribution in [3.05, 3.63) is 27.1 Å². The molecule has 1 amide bonds. The van der Waals surface area contributed by atoms with Crippen LogP contribution in [0.1, 0.15) is 5.56 Å². The number of benzene rings is 1. The van der Waals surface area contributed by atoms with Crippen LogP contribution in [0.3, 0.4) is 0 Å². The monoisotopic (exact) mass is 383 g/mol. The van der Waals surface area contributed by atoms with Gasteiger partial charge in [0.1, 0.15) is 10.9 Å². The van der Waals surface area contributed by atoms with Gasteiger partial charge in [-0.25, -0.2) is 0 Å². The Balaban J connectivity index is 2.37. The summed E-state index contributed by atoms with van der Waals surface area (Å²) in [4.78, 5) is 12.2. The summed E-state index contributed by atoms with van der Waals surface area (Å²) in [6, 6.07) is 3.58. The fourth-order valence-electron chi connectivity index (χ4n) is 1.65. The second kappa shape index (κ2) is 6.98. The van der Waals surface area contributed by atoms with Crippen LogP contribution in [-0.2, 0) is 4.79 Å². The number of carbonyl (C=O) groups is 1. The minimum Gasteiger partial charge on any atom is -0.493 e. The standard InChI is InChI=1S/C14H10BrNO3S2/c1-3-4-19-12-9(15)5-8(6-10(12)18-2)7-11-13(17)16-14(20)21-11/h1,5-7H,4H2,2H3,(H,16,17,20)/b11-7+. The van der Waals surface area contributed by atoms with E-state index in [1.807, 2.05) is 6.07 Å². The second-order valence-corrected chi connectivity index (χ2v) is 6.45. The maximum atomic E-state index is 11.7. The number of thioether (sulfide) groups is 1. The van der Waals surface area contributed by atoms with E-state index in [0.29, 0.717) is 25.2 Å². The van der Waals surface area contributed by atoms with E-state index in [2.05, 4.69) is 27.2 Å². The topological polar surface area (TPSA) is 47.6 Å². The average Bonchev–Trinajstić information content (AvgIpc) is 2.75. The molecule has 108 valence electrons. The number of rotatable bonds is 4. The minimum absolute atomic E-state index is 0.141. The van der Waals surface area contributed by atoms with Gasteiger partial charge in [0.05, 0.1) is 16.5 Å². The first-order valence-electron chi connectivity index (χ1n) is 5.73. The Morgan fingerprint density at radius 2 is 2.33 bits per heavy atom. The van der Waals surface area contributed by atoms with Gasteiger partial charge in [0.2, 0.25) is 0 Å². The first-order chi connectivity index (χ1) is 10.0. The van der Waals surface area contributed by atoms with Crippen molar-refractivity contribution in [3.63, 3.8) is 0 Å². The lowest BCUT2D eigenvalue weighted by atomic mass is 10.2. The number of hydrogen-bond acceptors (Lipinski definition) is 5. The molecule has 0 spiro atoms. The molecule has 1 saturated heterocycles. The van der Waals surface area contributed by atoms with Gasteiger partial charge in [-0.2, -0.15) is 0 Å². The van der Waals surface area contributed by atoms with Crippen LogP contribution in [-0.4, -0.2) is 23.9 Å². The van der Waals surface area contributed by atoms with Gasteiger partial charge >= 0.3 is 0 Å². The zero-order valence-electron chi connectivity index (χ0n) is 10.9. The summed E-state index contributed by atoms with van der Waals surface area (Å²) in [5.74, 6) is 3.25. The number of methoxy groups -OCH3 is 1. The average molecular weight is 384 g/mol. The van der Waals surface area contributed by atoms with E-state index in [0.717, 1.165) is 5.56 Å². The Kier molecular flexibility index (Phi) is 5.28. The summed E-state index contributed by atoms with van der Waals surface area (Å²) < 4.78 is 11.9. The largest absolute Gasteiger partial charge is 0.493 e. The Labute approximate surface area is 140 Å². The number of nitrogens with one attached hydrogen (secondary N) is 1. The molecule has 0 atom stereocenters. The highest BCUT2D eigenvalue weighted by Gasteiger charge is 2.22. The Morgan fingerprint density at radius 1 is 1.57 bits per heavy atom. The zero-order chi connectivity index (χ0) is 15.4. The second-order valence-electron chi connectivity index (χ2n) is 3.88. The van der Waals surface area contributed by atoms with Gasteiger partial charge in [0, 0.05) is 0 Å². The van der Waals surface area contributed by atoms with Crippen molar-refractivity contribution in [3.8, 4) is 23.8 Å². The minimum atomic E-state index is -0.201. The molecule has 1 N–H and O–H groups in total. The summed E-state index contributed by atoms with van der Waals surface area (Å²) in [6.45, 7) is 0.141. The van der Waals surface area contributed by atoms with E-state index in [-0.39, 0.29) is 12.5 Å². The molecule has 21 heavy (non-hydrogen) atoms. The number of hydrogen-bond donors (Lipinski definition) is 1. The lowest BCUT2D eigenvalue weighted by molar-refractivity contribution is -0.115. The van der Waals surface area contributed by atoms with Crippen LogP contribution in [0.5, 0.6) is 11.5 Å². The molecule has 1 aromatic carbocycles. The third kappa shape index (κ3) is 3.79. The van der Waals surface area contributed by atoms with Crippen LogP contribution in [0.2, 0.25) is 0 Å². The lowest BCUT2D eigenvalue weighted by Gasteiger charge is -2.12. The molecule has 1 heterocycles. The molecule has 0 aromatic heterocycles. The van der Waals surface area contributed by atoms with Gasteiger partial charge in [-0.05, 0) is 39.7 Å². The lowest BCUT2D eigenvalue weighted by Crippen LogP contribution is -2.17. The molecule has 0 saturated carbocycles. The summed E-state index contributed by atoms with van der Waals surface area (Å²) in [5.41, 5.74) is 0.786. The summed E-state index contributed by atoms with van der Waals surface area (Å²) in [5, 5.41) is 2.57. The first-order valence-corrected chi connectivity index (χ1v) is 7.75. The number of amides is 1. The van der Waals surface area contributed by atoms with Crippen molar-refractivity contribution in [2.24, 2.45) is 0 Å². The molecule has 0 unspecified atom stereocenters.